The molecule has 3 N–H and O–H groups in total. The van der Waals surface area contributed by atoms with Gasteiger partial charge in [0.1, 0.15) is 11.6 Å². The highest BCUT2D eigenvalue weighted by Gasteiger charge is 2.37. The van der Waals surface area contributed by atoms with E-state index in [1.165, 1.54) is 24.8 Å². The number of rotatable bonds is 10. The summed E-state index contributed by atoms with van der Waals surface area (Å²) in [5, 5.41) is 20.7. The van der Waals surface area contributed by atoms with E-state index in [9.17, 15) is 22.3 Å². The van der Waals surface area contributed by atoms with Crippen LogP contribution >= 0.6 is 0 Å². The number of ether oxygens (including phenoxy) is 1. The van der Waals surface area contributed by atoms with Crippen LogP contribution in [-0.2, 0) is 10.0 Å². The highest BCUT2D eigenvalue weighted by Crippen LogP contribution is 2.34. The maximum atomic E-state index is 12.6. The number of nitrogens with one attached hydrogen (secondary N) is 2. The van der Waals surface area contributed by atoms with Crippen LogP contribution in [0.2, 0.25) is 0 Å². The smallest absolute Gasteiger partial charge is 0.388 e. The van der Waals surface area contributed by atoms with Crippen LogP contribution in [0.1, 0.15) is 45.4 Å². The third-order valence-electron chi connectivity index (χ3n) is 7.38. The predicted molar refractivity (Wildman–Crippen MR) is 152 cm³/mol. The third kappa shape index (κ3) is 6.69. The van der Waals surface area contributed by atoms with Gasteiger partial charge in [0, 0.05) is 35.8 Å². The molecule has 2 fully saturated rings. The van der Waals surface area contributed by atoms with Gasteiger partial charge in [-0.25, -0.2) is 33.3 Å². The van der Waals surface area contributed by atoms with Gasteiger partial charge >= 0.3 is 6.61 Å². The van der Waals surface area contributed by atoms with Crippen LogP contribution < -0.4 is 15.4 Å². The zero-order chi connectivity index (χ0) is 30.2. The molecule has 226 valence electrons. The number of alkyl halides is 2. The van der Waals surface area contributed by atoms with Crippen LogP contribution in [0, 0.1) is 0 Å². The van der Waals surface area contributed by atoms with Crippen molar-refractivity contribution in [3.63, 3.8) is 0 Å². The Balaban J connectivity index is 1.25. The van der Waals surface area contributed by atoms with E-state index in [0.717, 1.165) is 23.1 Å². The van der Waals surface area contributed by atoms with E-state index >= 15 is 0 Å². The van der Waals surface area contributed by atoms with Gasteiger partial charge in [-0.05, 0) is 51.5 Å². The zero-order valence-corrected chi connectivity index (χ0v) is 23.9. The lowest BCUT2D eigenvalue weighted by atomic mass is 9.83. The van der Waals surface area contributed by atoms with Crippen LogP contribution in [0.5, 0.6) is 5.88 Å². The molecule has 0 atom stereocenters. The number of hydrogen-bond acceptors (Lipinski definition) is 12. The molecule has 0 amide bonds. The minimum absolute atomic E-state index is 0.0673. The second kappa shape index (κ2) is 11.4. The quantitative estimate of drug-likeness (QED) is 0.235. The van der Waals surface area contributed by atoms with Crippen molar-refractivity contribution >= 4 is 27.3 Å². The first-order valence-electron chi connectivity index (χ1n) is 13.7. The van der Waals surface area contributed by atoms with Crippen molar-refractivity contribution < 1.29 is 27.0 Å². The predicted octanol–water partition coefficient (Wildman–Crippen LogP) is 3.98. The Morgan fingerprint density at radius 1 is 1.05 bits per heavy atom. The average Bonchev–Trinajstić information content (AvgIpc) is 3.72. The zero-order valence-electron chi connectivity index (χ0n) is 23.1. The lowest BCUT2D eigenvalue weighted by Crippen LogP contribution is -2.35. The van der Waals surface area contributed by atoms with Crippen molar-refractivity contribution in [2.24, 2.45) is 0 Å². The lowest BCUT2D eigenvalue weighted by molar-refractivity contribution is -0.0531. The summed E-state index contributed by atoms with van der Waals surface area (Å²) >= 11 is 0. The average molecular weight is 614 g/mol. The van der Waals surface area contributed by atoms with E-state index in [0.29, 0.717) is 59.8 Å². The molecular weight excluding hydrogens is 584 g/mol. The molecule has 2 aliphatic carbocycles. The number of aromatic nitrogens is 7. The number of nitrogens with zero attached hydrogens (tertiary/aromatic N) is 7. The van der Waals surface area contributed by atoms with Gasteiger partial charge in [0.15, 0.2) is 5.82 Å². The summed E-state index contributed by atoms with van der Waals surface area (Å²) in [5.41, 5.74) is 1.40. The first-order chi connectivity index (χ1) is 20.6. The highest BCUT2D eigenvalue weighted by atomic mass is 32.2. The van der Waals surface area contributed by atoms with Gasteiger partial charge in [-0.2, -0.15) is 18.0 Å². The van der Waals surface area contributed by atoms with Crippen LogP contribution in [0.25, 0.3) is 22.6 Å². The monoisotopic (exact) mass is 613 g/mol. The Hall–Kier alpha value is -4.31. The van der Waals surface area contributed by atoms with E-state index in [1.807, 2.05) is 6.92 Å². The lowest BCUT2D eigenvalue weighted by Gasteiger charge is -2.34. The molecule has 6 rings (SSSR count). The molecule has 0 aromatic carbocycles. The number of halogens is 2. The van der Waals surface area contributed by atoms with Crippen LogP contribution in [0.4, 0.5) is 26.1 Å². The number of anilines is 3. The standard InChI is InChI=1S/C27H29F2N9O4S/c1-27(39)7-4-17(5-8-27)35-20-10-23(32-12-19(20)21-13-33-24(14-31-21)42-26(28)29)36-22-6-9-30-25(37-22)16-11-34-38(15-16)43(40,41)18-2-3-18/h6,9-15,17-18,26,39H,2-5,7-8H2,1H3,(H2,30,32,35,36,37). The van der Waals surface area contributed by atoms with Crippen molar-refractivity contribution in [1.82, 2.24) is 34.1 Å². The summed E-state index contributed by atoms with van der Waals surface area (Å²) in [6, 6.07) is 3.49. The van der Waals surface area contributed by atoms with Crippen LogP contribution in [0.3, 0.4) is 0 Å². The van der Waals surface area contributed by atoms with Gasteiger partial charge in [-0.15, -0.1) is 0 Å². The molecule has 43 heavy (non-hydrogen) atoms. The summed E-state index contributed by atoms with van der Waals surface area (Å²) in [5.74, 6) is 0.837. The summed E-state index contributed by atoms with van der Waals surface area (Å²) in [6.45, 7) is -1.18. The molecule has 4 aromatic rings. The Morgan fingerprint density at radius 2 is 1.84 bits per heavy atom. The second-order valence-corrected chi connectivity index (χ2v) is 13.0. The van der Waals surface area contributed by atoms with Crippen molar-refractivity contribution in [2.45, 2.75) is 69.0 Å². The summed E-state index contributed by atoms with van der Waals surface area (Å²) in [7, 11) is -3.52. The molecule has 0 aliphatic heterocycles. The van der Waals surface area contributed by atoms with Gasteiger partial charge in [0.2, 0.25) is 5.88 Å². The molecule has 0 spiro atoms. The van der Waals surface area contributed by atoms with Gasteiger partial charge < -0.3 is 20.5 Å². The third-order valence-corrected chi connectivity index (χ3v) is 9.41. The summed E-state index contributed by atoms with van der Waals surface area (Å²) in [4.78, 5) is 21.4. The van der Waals surface area contributed by atoms with Crippen LogP contribution in [-0.4, -0.2) is 71.1 Å². The van der Waals surface area contributed by atoms with E-state index in [4.69, 9.17) is 0 Å². The second-order valence-electron chi connectivity index (χ2n) is 10.9. The van der Waals surface area contributed by atoms with E-state index in [-0.39, 0.29) is 17.7 Å². The summed E-state index contributed by atoms with van der Waals surface area (Å²) in [6.07, 6.45) is 12.4. The first-order valence-corrected chi connectivity index (χ1v) is 15.2. The molecule has 0 unspecified atom stereocenters. The SMILES string of the molecule is CC1(O)CCC(Nc2cc(Nc3ccnc(-c4cnn(S(=O)(=O)C5CC5)c4)n3)ncc2-c2cnc(OC(F)F)cn2)CC1. The molecule has 2 aliphatic rings. The van der Waals surface area contributed by atoms with Gasteiger partial charge in [-0.1, -0.05) is 0 Å². The highest BCUT2D eigenvalue weighted by molar-refractivity contribution is 7.90. The van der Waals surface area contributed by atoms with Crippen molar-refractivity contribution in [1.29, 1.82) is 0 Å². The van der Waals surface area contributed by atoms with E-state index in [1.54, 1.807) is 18.3 Å². The Morgan fingerprint density at radius 3 is 2.53 bits per heavy atom. The molecule has 0 radical (unpaired) electrons. The fraction of sp³-hybridized carbons (Fsp3) is 0.407. The van der Waals surface area contributed by atoms with Crippen LogP contribution in [0.15, 0.2) is 49.3 Å². The molecular formula is C27H29F2N9O4S. The topological polar surface area (TPSA) is 170 Å². The Bertz CT molecular complexity index is 1700. The number of aliphatic hydroxyl groups is 1. The molecule has 16 heteroatoms. The van der Waals surface area contributed by atoms with Crippen molar-refractivity contribution in [3.05, 3.63) is 49.3 Å². The molecule has 4 aromatic heterocycles. The Labute approximate surface area is 245 Å². The van der Waals surface area contributed by atoms with Crippen molar-refractivity contribution in [2.75, 3.05) is 10.6 Å². The summed E-state index contributed by atoms with van der Waals surface area (Å²) < 4.78 is 55.5. The van der Waals surface area contributed by atoms with Gasteiger partial charge in [0.25, 0.3) is 10.0 Å². The number of hydrogen-bond donors (Lipinski definition) is 3. The fourth-order valence-electron chi connectivity index (χ4n) is 4.84. The maximum Gasteiger partial charge on any atom is 0.388 e. The van der Waals surface area contributed by atoms with Gasteiger partial charge in [0.05, 0.1) is 46.9 Å². The molecule has 4 heterocycles. The molecule has 0 saturated heterocycles. The largest absolute Gasteiger partial charge is 0.415 e. The molecule has 2 saturated carbocycles. The fourth-order valence-corrected chi connectivity index (χ4v) is 6.31. The Kier molecular flexibility index (Phi) is 7.64. The normalized spacial score (nSPS) is 20.6. The van der Waals surface area contributed by atoms with Gasteiger partial charge in [-0.3, -0.25) is 0 Å². The minimum atomic E-state index is -3.52. The van der Waals surface area contributed by atoms with E-state index in [2.05, 4.69) is 45.4 Å². The number of pyridine rings is 1. The minimum Gasteiger partial charge on any atom is -0.415 e. The van der Waals surface area contributed by atoms with Crippen molar-refractivity contribution in [3.8, 4) is 28.5 Å². The first kappa shape index (κ1) is 28.8. The molecule has 13 nitrogen and oxygen atoms in total. The molecule has 0 bridgehead atoms. The van der Waals surface area contributed by atoms with E-state index < -0.39 is 27.5 Å². The maximum absolute atomic E-state index is 12.6.